The molecule has 3 nitrogen and oxygen atoms in total. The van der Waals surface area contributed by atoms with E-state index in [0.717, 1.165) is 13.0 Å². The highest BCUT2D eigenvalue weighted by Gasteiger charge is 2.09. The molecule has 0 saturated carbocycles. The highest BCUT2D eigenvalue weighted by atomic mass is 19.1. The molecule has 4 heteroatoms. The average Bonchev–Trinajstić information content (AvgIpc) is 2.48. The average molecular weight is 273 g/mol. The largest absolute Gasteiger partial charge is 0.326 e. The Bertz CT molecular complexity index is 543. The second kappa shape index (κ2) is 7.12. The topological polar surface area (TPSA) is 42.2 Å². The molecule has 0 radical (unpaired) electrons. The number of hydrogen-bond donors (Lipinski definition) is 1. The molecule has 20 heavy (non-hydrogen) atoms. The second-order valence-corrected chi connectivity index (χ2v) is 4.94. The zero-order valence-corrected chi connectivity index (χ0v) is 11.7. The third-order valence-corrected chi connectivity index (χ3v) is 3.35. The van der Waals surface area contributed by atoms with Gasteiger partial charge < -0.3 is 10.6 Å². The highest BCUT2D eigenvalue weighted by molar-refractivity contribution is 5.25. The van der Waals surface area contributed by atoms with Crippen molar-refractivity contribution in [2.45, 2.75) is 19.5 Å². The van der Waals surface area contributed by atoms with E-state index in [1.54, 1.807) is 18.5 Å². The van der Waals surface area contributed by atoms with Crippen LogP contribution in [0.5, 0.6) is 0 Å². The van der Waals surface area contributed by atoms with E-state index in [0.29, 0.717) is 17.7 Å². The zero-order valence-electron chi connectivity index (χ0n) is 11.7. The van der Waals surface area contributed by atoms with Crippen molar-refractivity contribution in [3.8, 4) is 0 Å². The maximum Gasteiger partial charge on any atom is 0.132 e. The summed E-state index contributed by atoms with van der Waals surface area (Å²) in [6.45, 7) is 1.70. The number of halogens is 1. The lowest BCUT2D eigenvalue weighted by molar-refractivity contribution is 0.325. The molecule has 0 aliphatic carbocycles. The Morgan fingerprint density at radius 3 is 2.55 bits per heavy atom. The maximum atomic E-state index is 14.1. The van der Waals surface area contributed by atoms with Crippen LogP contribution in [-0.4, -0.2) is 23.5 Å². The lowest BCUT2D eigenvalue weighted by Gasteiger charge is -2.17. The van der Waals surface area contributed by atoms with Gasteiger partial charge in [0, 0.05) is 43.2 Å². The molecule has 0 fully saturated rings. The van der Waals surface area contributed by atoms with Crippen LogP contribution in [0.2, 0.25) is 0 Å². The Morgan fingerprint density at radius 2 is 1.85 bits per heavy atom. The smallest absolute Gasteiger partial charge is 0.132 e. The normalized spacial score (nSPS) is 11.0. The van der Waals surface area contributed by atoms with Crippen molar-refractivity contribution < 1.29 is 4.39 Å². The highest BCUT2D eigenvalue weighted by Crippen LogP contribution is 2.14. The summed E-state index contributed by atoms with van der Waals surface area (Å²) in [5.74, 6) is -0.175. The molecular weight excluding hydrogens is 253 g/mol. The van der Waals surface area contributed by atoms with Crippen LogP contribution in [0.3, 0.4) is 0 Å². The van der Waals surface area contributed by atoms with Gasteiger partial charge >= 0.3 is 0 Å². The number of hydrogen-bond acceptors (Lipinski definition) is 3. The van der Waals surface area contributed by atoms with Crippen LogP contribution in [0.25, 0.3) is 0 Å². The van der Waals surface area contributed by atoms with Crippen molar-refractivity contribution in [3.63, 3.8) is 0 Å². The lowest BCUT2D eigenvalue weighted by Crippen LogP contribution is -2.21. The number of nitrogens with zero attached hydrogens (tertiary/aromatic N) is 2. The van der Waals surface area contributed by atoms with Crippen LogP contribution in [0.15, 0.2) is 42.7 Å². The maximum absolute atomic E-state index is 14.1. The van der Waals surface area contributed by atoms with Crippen molar-refractivity contribution in [2.75, 3.05) is 13.6 Å². The number of aromatic nitrogens is 1. The first-order valence-electron chi connectivity index (χ1n) is 6.74. The van der Waals surface area contributed by atoms with Gasteiger partial charge in [-0.2, -0.15) is 0 Å². The van der Waals surface area contributed by atoms with E-state index in [2.05, 4.69) is 9.88 Å². The molecule has 0 unspecified atom stereocenters. The molecule has 0 atom stereocenters. The van der Waals surface area contributed by atoms with Gasteiger partial charge in [-0.25, -0.2) is 4.39 Å². The second-order valence-electron chi connectivity index (χ2n) is 4.94. The van der Waals surface area contributed by atoms with Gasteiger partial charge in [0.05, 0.1) is 0 Å². The number of benzene rings is 1. The van der Waals surface area contributed by atoms with Crippen LogP contribution in [-0.2, 0) is 19.5 Å². The van der Waals surface area contributed by atoms with Crippen molar-refractivity contribution in [3.05, 3.63) is 65.2 Å². The number of pyridine rings is 1. The van der Waals surface area contributed by atoms with Gasteiger partial charge in [-0.1, -0.05) is 18.2 Å². The number of likely N-dealkylation sites (N-methyl/N-ethyl adjacent to an activating group) is 1. The first kappa shape index (κ1) is 14.6. The summed E-state index contributed by atoms with van der Waals surface area (Å²) in [4.78, 5) is 6.11. The fraction of sp³-hybridized carbons (Fsp3) is 0.312. The SMILES string of the molecule is CN(CCc1ccncc1)Cc1cccc(CN)c1F. The summed E-state index contributed by atoms with van der Waals surface area (Å²) < 4.78 is 14.1. The lowest BCUT2D eigenvalue weighted by atomic mass is 10.1. The number of nitrogens with two attached hydrogens (primary N) is 1. The standard InChI is InChI=1S/C16H20FN3/c1-20(10-7-13-5-8-19-9-6-13)12-15-4-2-3-14(11-18)16(15)17/h2-6,8-9H,7,10-12,18H2,1H3. The summed E-state index contributed by atoms with van der Waals surface area (Å²) in [6.07, 6.45) is 4.51. The van der Waals surface area contributed by atoms with Gasteiger partial charge in [-0.05, 0) is 31.2 Å². The van der Waals surface area contributed by atoms with E-state index in [1.165, 1.54) is 5.56 Å². The van der Waals surface area contributed by atoms with E-state index in [1.807, 2.05) is 31.3 Å². The molecule has 0 saturated heterocycles. The molecule has 2 N–H and O–H groups in total. The minimum Gasteiger partial charge on any atom is -0.326 e. The Hall–Kier alpha value is -1.78. The van der Waals surface area contributed by atoms with Crippen LogP contribution < -0.4 is 5.73 Å². The molecule has 2 aromatic rings. The fourth-order valence-electron chi connectivity index (χ4n) is 2.15. The molecular formula is C16H20FN3. The monoisotopic (exact) mass is 273 g/mol. The van der Waals surface area contributed by atoms with Gasteiger partial charge in [0.1, 0.15) is 5.82 Å². The molecule has 0 amide bonds. The molecule has 0 spiro atoms. The Balaban J connectivity index is 1.93. The molecule has 0 aliphatic heterocycles. The van der Waals surface area contributed by atoms with Crippen molar-refractivity contribution in [1.82, 2.24) is 9.88 Å². The van der Waals surface area contributed by atoms with Gasteiger partial charge in [0.25, 0.3) is 0 Å². The van der Waals surface area contributed by atoms with Crippen LogP contribution in [0.4, 0.5) is 4.39 Å². The Labute approximate surface area is 119 Å². The Kier molecular flexibility index (Phi) is 5.21. The minimum atomic E-state index is -0.175. The Morgan fingerprint density at radius 1 is 1.15 bits per heavy atom. The molecule has 1 heterocycles. The minimum absolute atomic E-state index is 0.175. The van der Waals surface area contributed by atoms with E-state index < -0.39 is 0 Å². The molecule has 0 bridgehead atoms. The summed E-state index contributed by atoms with van der Waals surface area (Å²) >= 11 is 0. The van der Waals surface area contributed by atoms with Crippen LogP contribution in [0, 0.1) is 5.82 Å². The third kappa shape index (κ3) is 3.85. The first-order valence-corrected chi connectivity index (χ1v) is 6.74. The van der Waals surface area contributed by atoms with Crippen molar-refractivity contribution in [2.24, 2.45) is 5.73 Å². The molecule has 0 aliphatic rings. The summed E-state index contributed by atoms with van der Waals surface area (Å²) in [5.41, 5.74) is 8.04. The molecule has 1 aromatic carbocycles. The molecule has 106 valence electrons. The van der Waals surface area contributed by atoms with Crippen LogP contribution in [0.1, 0.15) is 16.7 Å². The van der Waals surface area contributed by atoms with Gasteiger partial charge in [0.2, 0.25) is 0 Å². The summed E-state index contributed by atoms with van der Waals surface area (Å²) in [6, 6.07) is 9.41. The molecule has 2 rings (SSSR count). The fourth-order valence-corrected chi connectivity index (χ4v) is 2.15. The third-order valence-electron chi connectivity index (χ3n) is 3.35. The van der Waals surface area contributed by atoms with E-state index >= 15 is 0 Å². The first-order chi connectivity index (χ1) is 9.70. The predicted molar refractivity (Wildman–Crippen MR) is 78.6 cm³/mol. The van der Waals surface area contributed by atoms with E-state index in [9.17, 15) is 4.39 Å². The summed E-state index contributed by atoms with van der Waals surface area (Å²) in [5, 5.41) is 0. The number of rotatable bonds is 6. The predicted octanol–water partition coefficient (Wildman–Crippen LogP) is 2.35. The van der Waals surface area contributed by atoms with E-state index in [4.69, 9.17) is 5.73 Å². The zero-order chi connectivity index (χ0) is 14.4. The quantitative estimate of drug-likeness (QED) is 0.878. The van der Waals surface area contributed by atoms with Gasteiger partial charge in [0.15, 0.2) is 0 Å². The van der Waals surface area contributed by atoms with Crippen molar-refractivity contribution in [1.29, 1.82) is 0 Å². The molecule has 1 aromatic heterocycles. The van der Waals surface area contributed by atoms with E-state index in [-0.39, 0.29) is 12.4 Å². The van der Waals surface area contributed by atoms with Crippen LogP contribution >= 0.6 is 0 Å². The van der Waals surface area contributed by atoms with Crippen molar-refractivity contribution >= 4 is 0 Å². The summed E-state index contributed by atoms with van der Waals surface area (Å²) in [7, 11) is 2.00. The van der Waals surface area contributed by atoms with Gasteiger partial charge in [-0.3, -0.25) is 4.98 Å². The van der Waals surface area contributed by atoms with Gasteiger partial charge in [-0.15, -0.1) is 0 Å².